The van der Waals surface area contributed by atoms with Crippen molar-refractivity contribution in [3.63, 3.8) is 0 Å². The van der Waals surface area contributed by atoms with Crippen LogP contribution in [0.25, 0.3) is 0 Å². The molecule has 0 aromatic heterocycles. The summed E-state index contributed by atoms with van der Waals surface area (Å²) in [5, 5.41) is 0. The van der Waals surface area contributed by atoms with E-state index in [9.17, 15) is 8.42 Å². The van der Waals surface area contributed by atoms with E-state index in [0.717, 1.165) is 0 Å². The van der Waals surface area contributed by atoms with Crippen LogP contribution in [0.3, 0.4) is 0 Å². The first-order valence-electron chi connectivity index (χ1n) is 3.43. The number of hydrogen-bond donors (Lipinski definition) is 2. The minimum Gasteiger partial charge on any atom is -0.352 e. The standard InChI is InChI=1S/C5H12N2O3S/c1-2-11(8,9)7-3-4-5(6)10-4/h4-5,7H,2-3,6H2,1H3. The van der Waals surface area contributed by atoms with Gasteiger partial charge in [0.1, 0.15) is 12.3 Å². The zero-order valence-corrected chi connectivity index (χ0v) is 7.10. The van der Waals surface area contributed by atoms with Crippen LogP contribution in [-0.2, 0) is 14.8 Å². The third kappa shape index (κ3) is 2.74. The third-order valence-electron chi connectivity index (χ3n) is 1.51. The smallest absolute Gasteiger partial charge is 0.211 e. The molecular formula is C5H12N2O3S. The Morgan fingerprint density at radius 1 is 1.64 bits per heavy atom. The van der Waals surface area contributed by atoms with E-state index in [4.69, 9.17) is 10.5 Å². The molecule has 0 aromatic rings. The van der Waals surface area contributed by atoms with Gasteiger partial charge in [-0.3, -0.25) is 0 Å². The van der Waals surface area contributed by atoms with Gasteiger partial charge in [0, 0.05) is 6.54 Å². The zero-order chi connectivity index (χ0) is 8.48. The van der Waals surface area contributed by atoms with Gasteiger partial charge >= 0.3 is 0 Å². The van der Waals surface area contributed by atoms with Crippen LogP contribution in [0, 0.1) is 0 Å². The molecule has 2 atom stereocenters. The fourth-order valence-electron chi connectivity index (χ4n) is 0.632. The average molecular weight is 180 g/mol. The summed E-state index contributed by atoms with van der Waals surface area (Å²) < 4.78 is 28.8. The van der Waals surface area contributed by atoms with Gasteiger partial charge in [-0.2, -0.15) is 0 Å². The van der Waals surface area contributed by atoms with Gasteiger partial charge in [0.05, 0.1) is 5.75 Å². The summed E-state index contributed by atoms with van der Waals surface area (Å²) in [5.74, 6) is 0.0922. The Morgan fingerprint density at radius 3 is 2.55 bits per heavy atom. The van der Waals surface area contributed by atoms with E-state index in [-0.39, 0.29) is 24.6 Å². The predicted octanol–water partition coefficient (Wildman–Crippen LogP) is -1.39. The number of ether oxygens (including phenoxy) is 1. The summed E-state index contributed by atoms with van der Waals surface area (Å²) in [6.07, 6.45) is -0.411. The van der Waals surface area contributed by atoms with E-state index in [0.29, 0.717) is 0 Å². The average Bonchev–Trinajstić information content (AvgIpc) is 2.63. The molecule has 2 unspecified atom stereocenters. The Morgan fingerprint density at radius 2 is 2.18 bits per heavy atom. The SMILES string of the molecule is CCS(=O)(=O)NCC1OC1N. The summed E-state index contributed by atoms with van der Waals surface area (Å²) in [6, 6.07) is 0. The highest BCUT2D eigenvalue weighted by Gasteiger charge is 2.35. The zero-order valence-electron chi connectivity index (χ0n) is 6.28. The summed E-state index contributed by atoms with van der Waals surface area (Å²) in [7, 11) is -3.08. The second-order valence-corrected chi connectivity index (χ2v) is 4.49. The Hall–Kier alpha value is -0.170. The van der Waals surface area contributed by atoms with Crippen molar-refractivity contribution in [3.05, 3.63) is 0 Å². The van der Waals surface area contributed by atoms with Crippen molar-refractivity contribution in [1.82, 2.24) is 4.72 Å². The molecule has 5 nitrogen and oxygen atoms in total. The van der Waals surface area contributed by atoms with Gasteiger partial charge in [-0.1, -0.05) is 0 Å². The van der Waals surface area contributed by atoms with Gasteiger partial charge in [-0.25, -0.2) is 13.1 Å². The van der Waals surface area contributed by atoms with Crippen LogP contribution in [0.1, 0.15) is 6.92 Å². The highest BCUT2D eigenvalue weighted by molar-refractivity contribution is 7.89. The number of nitrogens with one attached hydrogen (secondary N) is 1. The molecule has 66 valence electrons. The van der Waals surface area contributed by atoms with Gasteiger partial charge in [-0.05, 0) is 6.92 Å². The van der Waals surface area contributed by atoms with Crippen molar-refractivity contribution in [2.45, 2.75) is 19.3 Å². The minimum atomic E-state index is -3.08. The first kappa shape index (κ1) is 8.92. The summed E-state index contributed by atoms with van der Waals surface area (Å²) >= 11 is 0. The van der Waals surface area contributed by atoms with Crippen molar-refractivity contribution < 1.29 is 13.2 Å². The molecule has 0 spiro atoms. The molecule has 3 N–H and O–H groups in total. The fourth-order valence-corrected chi connectivity index (χ4v) is 1.25. The normalized spacial score (nSPS) is 30.4. The number of sulfonamides is 1. The van der Waals surface area contributed by atoms with Gasteiger partial charge in [0.2, 0.25) is 10.0 Å². The van der Waals surface area contributed by atoms with E-state index >= 15 is 0 Å². The fraction of sp³-hybridized carbons (Fsp3) is 1.00. The van der Waals surface area contributed by atoms with Crippen LogP contribution >= 0.6 is 0 Å². The first-order valence-corrected chi connectivity index (χ1v) is 5.09. The lowest BCUT2D eigenvalue weighted by Gasteiger charge is -1.99. The summed E-state index contributed by atoms with van der Waals surface area (Å²) in [5.41, 5.74) is 5.28. The Labute approximate surface area is 66.0 Å². The van der Waals surface area contributed by atoms with Crippen LogP contribution < -0.4 is 10.5 Å². The van der Waals surface area contributed by atoms with E-state index in [1.165, 1.54) is 0 Å². The monoisotopic (exact) mass is 180 g/mol. The topological polar surface area (TPSA) is 84.7 Å². The molecule has 1 aliphatic rings. The molecule has 0 radical (unpaired) electrons. The number of epoxide rings is 1. The third-order valence-corrected chi connectivity index (χ3v) is 2.87. The highest BCUT2D eigenvalue weighted by Crippen LogP contribution is 2.14. The second-order valence-electron chi connectivity index (χ2n) is 2.39. The molecule has 0 aromatic carbocycles. The van der Waals surface area contributed by atoms with Crippen LogP contribution in [-0.4, -0.2) is 33.0 Å². The molecule has 0 bridgehead atoms. The maximum Gasteiger partial charge on any atom is 0.211 e. The largest absolute Gasteiger partial charge is 0.352 e. The lowest BCUT2D eigenvalue weighted by Crippen LogP contribution is -2.30. The molecule has 11 heavy (non-hydrogen) atoms. The molecule has 1 saturated heterocycles. The van der Waals surface area contributed by atoms with Crippen molar-refractivity contribution in [1.29, 1.82) is 0 Å². The van der Waals surface area contributed by atoms with Crippen LogP contribution in [0.5, 0.6) is 0 Å². The minimum absolute atomic E-state index is 0.0922. The van der Waals surface area contributed by atoms with E-state index < -0.39 is 10.0 Å². The molecule has 1 rings (SSSR count). The lowest BCUT2D eigenvalue weighted by atomic mass is 10.4. The van der Waals surface area contributed by atoms with Crippen molar-refractivity contribution in [2.24, 2.45) is 5.73 Å². The van der Waals surface area contributed by atoms with E-state index in [2.05, 4.69) is 4.72 Å². The molecule has 0 aliphatic carbocycles. The van der Waals surface area contributed by atoms with Crippen LogP contribution in [0.2, 0.25) is 0 Å². The molecule has 1 fully saturated rings. The summed E-state index contributed by atoms with van der Waals surface area (Å²) in [4.78, 5) is 0. The molecule has 1 heterocycles. The molecule has 1 aliphatic heterocycles. The van der Waals surface area contributed by atoms with Crippen molar-refractivity contribution in [2.75, 3.05) is 12.3 Å². The molecular weight excluding hydrogens is 168 g/mol. The summed E-state index contributed by atoms with van der Waals surface area (Å²) in [6.45, 7) is 1.87. The lowest BCUT2D eigenvalue weighted by molar-refractivity contribution is 0.372. The van der Waals surface area contributed by atoms with Crippen LogP contribution in [0.4, 0.5) is 0 Å². The predicted molar refractivity (Wildman–Crippen MR) is 40.3 cm³/mol. The van der Waals surface area contributed by atoms with Crippen molar-refractivity contribution in [3.8, 4) is 0 Å². The first-order chi connectivity index (χ1) is 5.05. The maximum atomic E-state index is 10.8. The Bertz CT molecular complexity index is 226. The Balaban J connectivity index is 2.22. The van der Waals surface area contributed by atoms with Crippen molar-refractivity contribution >= 4 is 10.0 Å². The molecule has 6 heteroatoms. The maximum absolute atomic E-state index is 10.8. The van der Waals surface area contributed by atoms with E-state index in [1.54, 1.807) is 6.92 Å². The number of rotatable bonds is 4. The second kappa shape index (κ2) is 3.06. The van der Waals surface area contributed by atoms with Gasteiger partial charge in [0.15, 0.2) is 0 Å². The van der Waals surface area contributed by atoms with Gasteiger partial charge < -0.3 is 10.5 Å². The van der Waals surface area contributed by atoms with Gasteiger partial charge in [-0.15, -0.1) is 0 Å². The highest BCUT2D eigenvalue weighted by atomic mass is 32.2. The van der Waals surface area contributed by atoms with E-state index in [1.807, 2.05) is 0 Å². The number of hydrogen-bond acceptors (Lipinski definition) is 4. The van der Waals surface area contributed by atoms with Gasteiger partial charge in [0.25, 0.3) is 0 Å². The number of nitrogens with two attached hydrogens (primary N) is 1. The van der Waals surface area contributed by atoms with Crippen LogP contribution in [0.15, 0.2) is 0 Å². The molecule has 0 amide bonds. The molecule has 0 saturated carbocycles. The quantitative estimate of drug-likeness (QED) is 0.522. The Kier molecular flexibility index (Phi) is 2.48.